The third-order valence-corrected chi connectivity index (χ3v) is 2.85. The summed E-state index contributed by atoms with van der Waals surface area (Å²) in [6.45, 7) is 1.66. The lowest BCUT2D eigenvalue weighted by Crippen LogP contribution is -2.04. The summed E-state index contributed by atoms with van der Waals surface area (Å²) < 4.78 is 13.6. The number of hydrogen-bond donors (Lipinski definition) is 1. The summed E-state index contributed by atoms with van der Waals surface area (Å²) in [6, 6.07) is 3.09. The molecule has 3 heteroatoms. The first kappa shape index (κ1) is 9.94. The summed E-state index contributed by atoms with van der Waals surface area (Å²) in [5, 5.41) is 10.3. The van der Waals surface area contributed by atoms with Crippen LogP contribution in [0.3, 0.4) is 0 Å². The second-order valence-corrected chi connectivity index (χ2v) is 4.34. The average molecular weight is 215 g/mol. The maximum Gasteiger partial charge on any atom is 0.132 e. The van der Waals surface area contributed by atoms with Crippen LogP contribution >= 0.6 is 11.6 Å². The minimum atomic E-state index is -0.688. The Labute approximate surface area is 87.5 Å². The summed E-state index contributed by atoms with van der Waals surface area (Å²) in [5.74, 6) is -0.101. The Kier molecular flexibility index (Phi) is 2.50. The summed E-state index contributed by atoms with van der Waals surface area (Å²) in [7, 11) is 0. The highest BCUT2D eigenvalue weighted by Crippen LogP contribution is 2.42. The summed E-state index contributed by atoms with van der Waals surface area (Å²) in [6.07, 6.45) is 1.27. The van der Waals surface area contributed by atoms with Gasteiger partial charge in [0.1, 0.15) is 5.82 Å². The van der Waals surface area contributed by atoms with E-state index in [-0.39, 0.29) is 11.7 Å². The molecule has 0 aliphatic heterocycles. The Bertz CT molecular complexity index is 361. The quantitative estimate of drug-likeness (QED) is 0.802. The topological polar surface area (TPSA) is 20.2 Å². The monoisotopic (exact) mass is 214 g/mol. The number of hydrogen-bond acceptors (Lipinski definition) is 1. The first-order chi connectivity index (χ1) is 6.59. The second kappa shape index (κ2) is 3.52. The van der Waals surface area contributed by atoms with Crippen molar-refractivity contribution < 1.29 is 9.50 Å². The van der Waals surface area contributed by atoms with Gasteiger partial charge in [0.15, 0.2) is 0 Å². The number of benzene rings is 1. The van der Waals surface area contributed by atoms with Gasteiger partial charge in [0, 0.05) is 10.6 Å². The van der Waals surface area contributed by atoms with Crippen LogP contribution in [0.25, 0.3) is 0 Å². The van der Waals surface area contributed by atoms with E-state index in [2.05, 4.69) is 0 Å². The van der Waals surface area contributed by atoms with Gasteiger partial charge in [-0.2, -0.15) is 0 Å². The Hall–Kier alpha value is -0.600. The Balaban J connectivity index is 2.39. The SMILES string of the molecule is Cc1cc(Cl)cc(C(O)C2CC2)c1F. The minimum Gasteiger partial charge on any atom is -0.388 e. The lowest BCUT2D eigenvalue weighted by molar-refractivity contribution is 0.149. The van der Waals surface area contributed by atoms with Crippen LogP contribution in [-0.4, -0.2) is 5.11 Å². The van der Waals surface area contributed by atoms with Crippen molar-refractivity contribution in [1.82, 2.24) is 0 Å². The fourth-order valence-electron chi connectivity index (χ4n) is 1.63. The van der Waals surface area contributed by atoms with E-state index in [1.54, 1.807) is 13.0 Å². The van der Waals surface area contributed by atoms with Crippen molar-refractivity contribution in [2.75, 3.05) is 0 Å². The van der Waals surface area contributed by atoms with E-state index in [1.165, 1.54) is 6.07 Å². The fourth-order valence-corrected chi connectivity index (χ4v) is 1.91. The molecule has 0 amide bonds. The number of aliphatic hydroxyl groups is 1. The van der Waals surface area contributed by atoms with Crippen LogP contribution in [0.5, 0.6) is 0 Å². The van der Waals surface area contributed by atoms with E-state index >= 15 is 0 Å². The smallest absolute Gasteiger partial charge is 0.132 e. The highest BCUT2D eigenvalue weighted by atomic mass is 35.5. The molecule has 1 aromatic carbocycles. The molecule has 1 aliphatic carbocycles. The highest BCUT2D eigenvalue weighted by Gasteiger charge is 2.32. The molecule has 0 aromatic heterocycles. The number of rotatable bonds is 2. The zero-order valence-corrected chi connectivity index (χ0v) is 8.68. The molecule has 1 nitrogen and oxygen atoms in total. The van der Waals surface area contributed by atoms with Gasteiger partial charge in [-0.1, -0.05) is 11.6 Å². The molecule has 1 atom stereocenters. The molecule has 2 rings (SSSR count). The number of halogens is 2. The largest absolute Gasteiger partial charge is 0.388 e. The maximum absolute atomic E-state index is 13.6. The molecule has 0 saturated heterocycles. The molecule has 76 valence electrons. The Morgan fingerprint density at radius 3 is 2.71 bits per heavy atom. The zero-order valence-electron chi connectivity index (χ0n) is 7.93. The predicted molar refractivity (Wildman–Crippen MR) is 53.8 cm³/mol. The van der Waals surface area contributed by atoms with Crippen LogP contribution < -0.4 is 0 Å². The summed E-state index contributed by atoms with van der Waals surface area (Å²) in [5.41, 5.74) is 0.838. The van der Waals surface area contributed by atoms with Crippen molar-refractivity contribution in [3.05, 3.63) is 34.1 Å². The fraction of sp³-hybridized carbons (Fsp3) is 0.455. The number of aliphatic hydroxyl groups excluding tert-OH is 1. The lowest BCUT2D eigenvalue weighted by atomic mass is 10.0. The molecule has 1 aromatic rings. The van der Waals surface area contributed by atoms with Gasteiger partial charge in [-0.15, -0.1) is 0 Å². The van der Waals surface area contributed by atoms with Crippen LogP contribution in [-0.2, 0) is 0 Å². The van der Waals surface area contributed by atoms with Gasteiger partial charge in [0.25, 0.3) is 0 Å². The molecule has 0 radical (unpaired) electrons. The van der Waals surface area contributed by atoms with Crippen LogP contribution in [0, 0.1) is 18.7 Å². The normalized spacial score (nSPS) is 18.3. The van der Waals surface area contributed by atoms with Crippen LogP contribution in [0.4, 0.5) is 4.39 Å². The highest BCUT2D eigenvalue weighted by molar-refractivity contribution is 6.30. The molecule has 1 fully saturated rings. The zero-order chi connectivity index (χ0) is 10.3. The number of aryl methyl sites for hydroxylation is 1. The van der Waals surface area contributed by atoms with E-state index in [9.17, 15) is 9.50 Å². The van der Waals surface area contributed by atoms with Gasteiger partial charge in [0.2, 0.25) is 0 Å². The van der Waals surface area contributed by atoms with Crippen molar-refractivity contribution in [3.63, 3.8) is 0 Å². The van der Waals surface area contributed by atoms with Gasteiger partial charge in [-0.25, -0.2) is 4.39 Å². The van der Waals surface area contributed by atoms with Gasteiger partial charge < -0.3 is 5.11 Å². The van der Waals surface area contributed by atoms with Gasteiger partial charge in [-0.3, -0.25) is 0 Å². The molecule has 1 aliphatic rings. The van der Waals surface area contributed by atoms with Crippen molar-refractivity contribution in [1.29, 1.82) is 0 Å². The standard InChI is InChI=1S/C11H12ClFO/c1-6-4-8(12)5-9(10(6)13)11(14)7-2-3-7/h4-5,7,11,14H,2-3H2,1H3. The second-order valence-electron chi connectivity index (χ2n) is 3.91. The van der Waals surface area contributed by atoms with E-state index in [4.69, 9.17) is 11.6 Å². The minimum absolute atomic E-state index is 0.224. The molecule has 1 saturated carbocycles. The Morgan fingerprint density at radius 1 is 1.50 bits per heavy atom. The molecule has 1 unspecified atom stereocenters. The van der Waals surface area contributed by atoms with E-state index in [0.717, 1.165) is 12.8 Å². The van der Waals surface area contributed by atoms with Gasteiger partial charge >= 0.3 is 0 Å². The van der Waals surface area contributed by atoms with E-state index in [0.29, 0.717) is 16.1 Å². The van der Waals surface area contributed by atoms with Crippen molar-refractivity contribution in [2.24, 2.45) is 5.92 Å². The first-order valence-corrected chi connectivity index (χ1v) is 5.11. The van der Waals surface area contributed by atoms with Crippen molar-refractivity contribution in [3.8, 4) is 0 Å². The summed E-state index contributed by atoms with van der Waals surface area (Å²) >= 11 is 5.81. The Morgan fingerprint density at radius 2 is 2.14 bits per heavy atom. The van der Waals surface area contributed by atoms with Crippen molar-refractivity contribution in [2.45, 2.75) is 25.9 Å². The first-order valence-electron chi connectivity index (χ1n) is 4.73. The molecule has 1 N–H and O–H groups in total. The van der Waals surface area contributed by atoms with Crippen LogP contribution in [0.15, 0.2) is 12.1 Å². The molecule has 0 heterocycles. The third-order valence-electron chi connectivity index (χ3n) is 2.63. The predicted octanol–water partition coefficient (Wildman–Crippen LogP) is 3.23. The lowest BCUT2D eigenvalue weighted by Gasteiger charge is -2.12. The van der Waals surface area contributed by atoms with Gasteiger partial charge in [0.05, 0.1) is 6.10 Å². The van der Waals surface area contributed by atoms with E-state index < -0.39 is 6.10 Å². The van der Waals surface area contributed by atoms with Gasteiger partial charge in [-0.05, 0) is 43.4 Å². The molecule has 0 spiro atoms. The molecule has 14 heavy (non-hydrogen) atoms. The molecular formula is C11H12ClFO. The molecule has 0 bridgehead atoms. The van der Waals surface area contributed by atoms with Crippen molar-refractivity contribution >= 4 is 11.6 Å². The molecular weight excluding hydrogens is 203 g/mol. The summed E-state index contributed by atoms with van der Waals surface area (Å²) in [4.78, 5) is 0. The van der Waals surface area contributed by atoms with Crippen LogP contribution in [0.2, 0.25) is 5.02 Å². The third kappa shape index (κ3) is 1.77. The maximum atomic E-state index is 13.6. The average Bonchev–Trinajstić information content (AvgIpc) is 2.93. The van der Waals surface area contributed by atoms with E-state index in [1.807, 2.05) is 0 Å². The van der Waals surface area contributed by atoms with Crippen LogP contribution in [0.1, 0.15) is 30.1 Å².